The second kappa shape index (κ2) is 4.95. The molecule has 1 atom stereocenters. The highest BCUT2D eigenvalue weighted by Crippen LogP contribution is 1.95. The predicted molar refractivity (Wildman–Crippen MR) is 49.2 cm³/mol. The zero-order valence-electron chi connectivity index (χ0n) is 6.92. The van der Waals surface area contributed by atoms with Gasteiger partial charge >= 0.3 is 0 Å². The van der Waals surface area contributed by atoms with Crippen molar-refractivity contribution in [2.75, 3.05) is 6.61 Å². The van der Waals surface area contributed by atoms with Gasteiger partial charge in [-0.05, 0) is 10.4 Å². The van der Waals surface area contributed by atoms with Gasteiger partial charge in [-0.25, -0.2) is 4.68 Å². The zero-order valence-corrected chi connectivity index (χ0v) is 7.74. The van der Waals surface area contributed by atoms with Crippen LogP contribution in [0.4, 0.5) is 0 Å². The lowest BCUT2D eigenvalue weighted by atomic mass is 10.2. The molecule has 0 bridgehead atoms. The number of aromatic nitrogens is 4. The van der Waals surface area contributed by atoms with Crippen LogP contribution < -0.4 is 5.73 Å². The minimum absolute atomic E-state index is 0.00538. The molecule has 71 valence electrons. The smallest absolute Gasteiger partial charge is 0.153 e. The van der Waals surface area contributed by atoms with E-state index in [9.17, 15) is 0 Å². The Bertz CT molecular complexity index is 276. The molecule has 7 heteroatoms. The summed E-state index contributed by atoms with van der Waals surface area (Å²) >= 11 is 4.55. The molecule has 13 heavy (non-hydrogen) atoms. The lowest BCUT2D eigenvalue weighted by molar-refractivity contribution is 0.265. The second-order valence-corrected chi connectivity index (χ2v) is 2.71. The monoisotopic (exact) mass is 200 g/mol. The standard InChI is InChI=1S/C6H10N5OS/c7-5(4-13)3-6-8-9-10-11(6)1-2-12/h5,12H,1-3,7H2. The molecule has 1 radical (unpaired) electrons. The number of tetrazole rings is 1. The topological polar surface area (TPSA) is 89.9 Å². The highest BCUT2D eigenvalue weighted by atomic mass is 32.1. The van der Waals surface area contributed by atoms with Gasteiger partial charge in [-0.2, -0.15) is 0 Å². The third kappa shape index (κ3) is 2.79. The number of nitrogens with two attached hydrogens (primary N) is 1. The molecular weight excluding hydrogens is 190 g/mol. The molecule has 0 amide bonds. The number of nitrogens with zero attached hydrogens (tertiary/aromatic N) is 4. The van der Waals surface area contributed by atoms with E-state index in [2.05, 4.69) is 33.1 Å². The first kappa shape index (κ1) is 10.2. The molecule has 0 saturated heterocycles. The maximum absolute atomic E-state index is 8.67. The van der Waals surface area contributed by atoms with Crippen LogP contribution >= 0.6 is 12.2 Å². The Kier molecular flexibility index (Phi) is 3.87. The molecule has 3 N–H and O–H groups in total. The van der Waals surface area contributed by atoms with Crippen molar-refractivity contribution in [2.45, 2.75) is 19.0 Å². The van der Waals surface area contributed by atoms with Crippen molar-refractivity contribution in [2.24, 2.45) is 5.73 Å². The van der Waals surface area contributed by atoms with Crippen LogP contribution in [0.15, 0.2) is 0 Å². The number of rotatable bonds is 5. The first-order valence-corrected chi connectivity index (χ1v) is 4.18. The van der Waals surface area contributed by atoms with E-state index in [1.165, 1.54) is 4.68 Å². The first-order chi connectivity index (χ1) is 6.27. The van der Waals surface area contributed by atoms with Crippen LogP contribution in [0, 0.1) is 0 Å². The molecular formula is C6H10N5OS. The average Bonchev–Trinajstić information content (AvgIpc) is 2.54. The van der Waals surface area contributed by atoms with Gasteiger partial charge in [-0.1, -0.05) is 12.2 Å². The van der Waals surface area contributed by atoms with E-state index in [1.807, 2.05) is 0 Å². The predicted octanol–water partition coefficient (Wildman–Crippen LogP) is -1.59. The third-order valence-corrected chi connectivity index (χ3v) is 1.77. The Hall–Kier alpha value is -0.920. The summed E-state index contributed by atoms with van der Waals surface area (Å²) in [6.07, 6.45) is 0.441. The molecule has 1 aromatic rings. The van der Waals surface area contributed by atoms with Gasteiger partial charge in [0, 0.05) is 17.8 Å². The van der Waals surface area contributed by atoms with Crippen molar-refractivity contribution in [3.05, 3.63) is 5.82 Å². The first-order valence-electron chi connectivity index (χ1n) is 3.77. The summed E-state index contributed by atoms with van der Waals surface area (Å²) in [7, 11) is 0. The maximum atomic E-state index is 8.67. The van der Waals surface area contributed by atoms with Gasteiger partial charge in [0.2, 0.25) is 0 Å². The van der Waals surface area contributed by atoms with Crippen LogP contribution in [0.1, 0.15) is 5.82 Å². The molecule has 1 rings (SSSR count). The van der Waals surface area contributed by atoms with Gasteiger partial charge in [0.25, 0.3) is 0 Å². The summed E-state index contributed by atoms with van der Waals surface area (Å²) in [4.78, 5) is 0. The quantitative estimate of drug-likeness (QED) is 0.557. The van der Waals surface area contributed by atoms with E-state index >= 15 is 0 Å². The fourth-order valence-corrected chi connectivity index (χ4v) is 0.960. The van der Waals surface area contributed by atoms with Gasteiger partial charge < -0.3 is 10.8 Å². The van der Waals surface area contributed by atoms with Crippen LogP contribution in [0.5, 0.6) is 0 Å². The van der Waals surface area contributed by atoms with E-state index in [-0.39, 0.29) is 12.6 Å². The van der Waals surface area contributed by atoms with Gasteiger partial charge in [-0.15, -0.1) is 5.10 Å². The molecule has 0 saturated carbocycles. The number of aliphatic hydroxyl groups is 1. The van der Waals surface area contributed by atoms with Gasteiger partial charge in [0.1, 0.15) is 0 Å². The molecule has 0 spiro atoms. The molecule has 0 fully saturated rings. The molecule has 0 aliphatic rings. The molecule has 1 unspecified atom stereocenters. The summed E-state index contributed by atoms with van der Waals surface area (Å²) in [5.74, 6) is 0.610. The molecule has 0 aromatic carbocycles. The molecule has 0 aliphatic heterocycles. The average molecular weight is 200 g/mol. The zero-order chi connectivity index (χ0) is 9.68. The number of aliphatic hydroxyl groups excluding tert-OH is 1. The molecule has 6 nitrogen and oxygen atoms in total. The largest absolute Gasteiger partial charge is 0.394 e. The number of thiocarbonyl (C=S) groups is 1. The van der Waals surface area contributed by atoms with Crippen molar-refractivity contribution in [3.63, 3.8) is 0 Å². The summed E-state index contributed by atoms with van der Waals surface area (Å²) in [5.41, 5.74) is 5.54. The molecule has 0 aliphatic carbocycles. The Morgan fingerprint density at radius 3 is 3.08 bits per heavy atom. The summed E-state index contributed by atoms with van der Waals surface area (Å²) in [6.45, 7) is 0.362. The van der Waals surface area contributed by atoms with Crippen LogP contribution in [-0.4, -0.2) is 43.3 Å². The van der Waals surface area contributed by atoms with E-state index in [1.54, 1.807) is 0 Å². The molecule has 1 aromatic heterocycles. The van der Waals surface area contributed by atoms with Crippen molar-refractivity contribution in [1.29, 1.82) is 0 Å². The number of hydrogen-bond donors (Lipinski definition) is 2. The number of hydrogen-bond acceptors (Lipinski definition) is 6. The molecule has 1 heterocycles. The summed E-state index contributed by atoms with van der Waals surface area (Å²) in [5, 5.41) is 22.0. The Morgan fingerprint density at radius 2 is 2.46 bits per heavy atom. The normalized spacial score (nSPS) is 12.8. The highest BCUT2D eigenvalue weighted by molar-refractivity contribution is 7.79. The minimum Gasteiger partial charge on any atom is -0.394 e. The lowest BCUT2D eigenvalue weighted by Gasteiger charge is -2.03. The third-order valence-electron chi connectivity index (χ3n) is 1.47. The van der Waals surface area contributed by atoms with Crippen molar-refractivity contribution >= 4 is 17.6 Å². The SMILES string of the molecule is NC([C]=S)Cc1nnnn1CCO. The van der Waals surface area contributed by atoms with E-state index < -0.39 is 0 Å². The van der Waals surface area contributed by atoms with Crippen molar-refractivity contribution in [1.82, 2.24) is 20.2 Å². The van der Waals surface area contributed by atoms with Crippen LogP contribution in [0.2, 0.25) is 0 Å². The second-order valence-electron chi connectivity index (χ2n) is 2.47. The Balaban J connectivity index is 2.64. The maximum Gasteiger partial charge on any atom is 0.153 e. The van der Waals surface area contributed by atoms with E-state index in [4.69, 9.17) is 10.8 Å². The van der Waals surface area contributed by atoms with Crippen LogP contribution in [0.3, 0.4) is 0 Å². The van der Waals surface area contributed by atoms with Gasteiger partial charge in [0.15, 0.2) is 5.82 Å². The van der Waals surface area contributed by atoms with E-state index in [0.717, 1.165) is 0 Å². The van der Waals surface area contributed by atoms with Crippen LogP contribution in [-0.2, 0) is 13.0 Å². The highest BCUT2D eigenvalue weighted by Gasteiger charge is 2.08. The van der Waals surface area contributed by atoms with E-state index in [0.29, 0.717) is 18.8 Å². The fourth-order valence-electron chi connectivity index (χ4n) is 0.876. The fraction of sp³-hybridized carbons (Fsp3) is 0.667. The van der Waals surface area contributed by atoms with Crippen molar-refractivity contribution < 1.29 is 5.11 Å². The minimum atomic E-state index is -0.349. The van der Waals surface area contributed by atoms with Crippen LogP contribution in [0.25, 0.3) is 0 Å². The Labute approximate surface area is 80.7 Å². The summed E-state index contributed by atoms with van der Waals surface area (Å²) < 4.78 is 1.49. The van der Waals surface area contributed by atoms with Crippen molar-refractivity contribution in [3.8, 4) is 0 Å². The van der Waals surface area contributed by atoms with Gasteiger partial charge in [-0.3, -0.25) is 0 Å². The Morgan fingerprint density at radius 1 is 1.69 bits per heavy atom. The summed E-state index contributed by atoms with van der Waals surface area (Å²) in [6, 6.07) is -0.349. The van der Waals surface area contributed by atoms with Gasteiger partial charge in [0.05, 0.1) is 13.2 Å². The lowest BCUT2D eigenvalue weighted by Crippen LogP contribution is -2.25.